The maximum Gasteiger partial charge on any atom is 0.167 e. The van der Waals surface area contributed by atoms with Crippen molar-refractivity contribution in [1.29, 1.82) is 0 Å². The highest BCUT2D eigenvalue weighted by Gasteiger charge is 2.20. The Balaban J connectivity index is 1.89. The second-order valence-corrected chi connectivity index (χ2v) is 5.04. The molecule has 1 unspecified atom stereocenters. The van der Waals surface area contributed by atoms with Gasteiger partial charge in [-0.2, -0.15) is 0 Å². The third-order valence-electron chi connectivity index (χ3n) is 3.61. The van der Waals surface area contributed by atoms with Crippen molar-refractivity contribution in [2.45, 2.75) is 45.2 Å². The van der Waals surface area contributed by atoms with Crippen molar-refractivity contribution < 1.29 is 4.74 Å². The minimum absolute atomic E-state index is 0.163. The molecule has 1 aromatic heterocycles. The van der Waals surface area contributed by atoms with Gasteiger partial charge in [-0.3, -0.25) is 0 Å². The van der Waals surface area contributed by atoms with Gasteiger partial charge in [-0.1, -0.05) is 12.8 Å². The zero-order valence-corrected chi connectivity index (χ0v) is 11.3. The highest BCUT2D eigenvalue weighted by Crippen LogP contribution is 2.26. The SMILES string of the molecule is COCCNC(C)c1nnnn1CC1CCCC1. The number of aromatic nitrogens is 4. The molecule has 0 aromatic carbocycles. The first-order valence-corrected chi connectivity index (χ1v) is 6.79. The van der Waals surface area contributed by atoms with Crippen LogP contribution in [0.15, 0.2) is 0 Å². The molecule has 0 saturated heterocycles. The lowest BCUT2D eigenvalue weighted by molar-refractivity contribution is 0.195. The number of methoxy groups -OCH3 is 1. The van der Waals surface area contributed by atoms with Crippen LogP contribution in [0.1, 0.15) is 44.5 Å². The van der Waals surface area contributed by atoms with Gasteiger partial charge >= 0.3 is 0 Å². The fourth-order valence-corrected chi connectivity index (χ4v) is 2.56. The maximum atomic E-state index is 5.03. The van der Waals surface area contributed by atoms with E-state index in [9.17, 15) is 0 Å². The number of ether oxygens (including phenoxy) is 1. The smallest absolute Gasteiger partial charge is 0.167 e. The van der Waals surface area contributed by atoms with Crippen molar-refractivity contribution in [3.63, 3.8) is 0 Å². The molecule has 2 rings (SSSR count). The van der Waals surface area contributed by atoms with Crippen LogP contribution in [-0.4, -0.2) is 40.5 Å². The van der Waals surface area contributed by atoms with Gasteiger partial charge in [0.2, 0.25) is 0 Å². The Morgan fingerprint density at radius 3 is 2.94 bits per heavy atom. The van der Waals surface area contributed by atoms with Gasteiger partial charge in [-0.15, -0.1) is 5.10 Å². The highest BCUT2D eigenvalue weighted by molar-refractivity contribution is 4.90. The van der Waals surface area contributed by atoms with Crippen molar-refractivity contribution in [3.8, 4) is 0 Å². The first-order valence-electron chi connectivity index (χ1n) is 6.79. The van der Waals surface area contributed by atoms with Crippen LogP contribution in [0.5, 0.6) is 0 Å². The van der Waals surface area contributed by atoms with Crippen molar-refractivity contribution in [1.82, 2.24) is 25.5 Å². The second-order valence-electron chi connectivity index (χ2n) is 5.04. The molecule has 1 aliphatic carbocycles. The van der Waals surface area contributed by atoms with Crippen molar-refractivity contribution in [3.05, 3.63) is 5.82 Å². The van der Waals surface area contributed by atoms with E-state index in [0.29, 0.717) is 6.61 Å². The molecule has 6 nitrogen and oxygen atoms in total. The van der Waals surface area contributed by atoms with Crippen LogP contribution >= 0.6 is 0 Å². The van der Waals surface area contributed by atoms with Crippen LogP contribution in [0, 0.1) is 5.92 Å². The zero-order chi connectivity index (χ0) is 12.8. The number of rotatable bonds is 7. The molecule has 1 aliphatic rings. The highest BCUT2D eigenvalue weighted by atomic mass is 16.5. The Kier molecular flexibility index (Phi) is 5.07. The van der Waals surface area contributed by atoms with Crippen LogP contribution in [0.25, 0.3) is 0 Å². The fraction of sp³-hybridized carbons (Fsp3) is 0.917. The summed E-state index contributed by atoms with van der Waals surface area (Å²) in [6.07, 6.45) is 5.32. The van der Waals surface area contributed by atoms with E-state index in [1.54, 1.807) is 7.11 Å². The molecular formula is C12H23N5O. The van der Waals surface area contributed by atoms with Gasteiger partial charge < -0.3 is 10.1 Å². The number of hydrogen-bond donors (Lipinski definition) is 1. The van der Waals surface area contributed by atoms with Crippen LogP contribution < -0.4 is 5.32 Å². The molecule has 1 fully saturated rings. The summed E-state index contributed by atoms with van der Waals surface area (Å²) in [7, 11) is 1.70. The zero-order valence-electron chi connectivity index (χ0n) is 11.3. The summed E-state index contributed by atoms with van der Waals surface area (Å²) in [5.74, 6) is 1.68. The summed E-state index contributed by atoms with van der Waals surface area (Å²) in [6.45, 7) is 4.56. The van der Waals surface area contributed by atoms with Crippen molar-refractivity contribution in [2.24, 2.45) is 5.92 Å². The topological polar surface area (TPSA) is 64.9 Å². The molecule has 1 heterocycles. The third-order valence-corrected chi connectivity index (χ3v) is 3.61. The first kappa shape index (κ1) is 13.4. The van der Waals surface area contributed by atoms with Gasteiger partial charge in [0.25, 0.3) is 0 Å². The standard InChI is InChI=1S/C12H23N5O/c1-10(13-7-8-18-2)12-14-15-16-17(12)9-11-5-3-4-6-11/h10-11,13H,3-9H2,1-2H3. The van der Waals surface area contributed by atoms with Gasteiger partial charge in [0.05, 0.1) is 12.6 Å². The Morgan fingerprint density at radius 2 is 2.22 bits per heavy atom. The molecule has 0 amide bonds. The summed E-state index contributed by atoms with van der Waals surface area (Å²) < 4.78 is 6.99. The summed E-state index contributed by atoms with van der Waals surface area (Å²) in [5, 5.41) is 15.4. The molecule has 1 N–H and O–H groups in total. The van der Waals surface area contributed by atoms with E-state index in [-0.39, 0.29) is 6.04 Å². The van der Waals surface area contributed by atoms with E-state index in [4.69, 9.17) is 4.74 Å². The molecule has 1 saturated carbocycles. The fourth-order valence-electron chi connectivity index (χ4n) is 2.56. The van der Waals surface area contributed by atoms with Crippen molar-refractivity contribution in [2.75, 3.05) is 20.3 Å². The van der Waals surface area contributed by atoms with Gasteiger partial charge in [-0.25, -0.2) is 4.68 Å². The maximum absolute atomic E-state index is 5.03. The average Bonchev–Trinajstić information content (AvgIpc) is 3.01. The molecule has 6 heteroatoms. The summed E-state index contributed by atoms with van der Waals surface area (Å²) in [5.41, 5.74) is 0. The van der Waals surface area contributed by atoms with Crippen LogP contribution in [-0.2, 0) is 11.3 Å². The van der Waals surface area contributed by atoms with E-state index < -0.39 is 0 Å². The number of nitrogens with zero attached hydrogens (tertiary/aromatic N) is 4. The molecule has 18 heavy (non-hydrogen) atoms. The largest absolute Gasteiger partial charge is 0.383 e. The normalized spacial score (nSPS) is 18.3. The van der Waals surface area contributed by atoms with Crippen molar-refractivity contribution >= 4 is 0 Å². The second kappa shape index (κ2) is 6.80. The monoisotopic (exact) mass is 253 g/mol. The van der Waals surface area contributed by atoms with Crippen LogP contribution in [0.2, 0.25) is 0 Å². The minimum atomic E-state index is 0.163. The lowest BCUT2D eigenvalue weighted by Gasteiger charge is -2.15. The molecule has 102 valence electrons. The summed E-state index contributed by atoms with van der Waals surface area (Å²) >= 11 is 0. The summed E-state index contributed by atoms with van der Waals surface area (Å²) in [4.78, 5) is 0. The molecule has 0 spiro atoms. The number of nitrogens with one attached hydrogen (secondary N) is 1. The van der Waals surface area contributed by atoms with E-state index in [0.717, 1.165) is 24.8 Å². The Labute approximate surface area is 108 Å². The molecule has 0 aliphatic heterocycles. The molecule has 0 radical (unpaired) electrons. The quantitative estimate of drug-likeness (QED) is 0.739. The molecule has 1 aromatic rings. The molecular weight excluding hydrogens is 230 g/mol. The van der Waals surface area contributed by atoms with Gasteiger partial charge in [0.1, 0.15) is 0 Å². The van der Waals surface area contributed by atoms with E-state index in [1.807, 2.05) is 4.68 Å². The minimum Gasteiger partial charge on any atom is -0.383 e. The van der Waals surface area contributed by atoms with E-state index in [1.165, 1.54) is 25.7 Å². The molecule has 0 bridgehead atoms. The first-order chi connectivity index (χ1) is 8.81. The lowest BCUT2D eigenvalue weighted by Crippen LogP contribution is -2.26. The van der Waals surface area contributed by atoms with E-state index in [2.05, 4.69) is 27.8 Å². The van der Waals surface area contributed by atoms with Gasteiger partial charge in [-0.05, 0) is 36.1 Å². The lowest BCUT2D eigenvalue weighted by atomic mass is 10.1. The Hall–Kier alpha value is -1.01. The average molecular weight is 253 g/mol. The van der Waals surface area contributed by atoms with Crippen LogP contribution in [0.3, 0.4) is 0 Å². The summed E-state index contributed by atoms with van der Waals surface area (Å²) in [6, 6.07) is 0.163. The van der Waals surface area contributed by atoms with Crippen LogP contribution in [0.4, 0.5) is 0 Å². The Bertz CT molecular complexity index is 348. The van der Waals surface area contributed by atoms with Gasteiger partial charge in [0, 0.05) is 20.2 Å². The van der Waals surface area contributed by atoms with Gasteiger partial charge in [0.15, 0.2) is 5.82 Å². The number of tetrazole rings is 1. The molecule has 1 atom stereocenters. The predicted octanol–water partition coefficient (Wildman–Crippen LogP) is 1.16. The number of hydrogen-bond acceptors (Lipinski definition) is 5. The van der Waals surface area contributed by atoms with E-state index >= 15 is 0 Å². The Morgan fingerprint density at radius 1 is 1.44 bits per heavy atom. The predicted molar refractivity (Wildman–Crippen MR) is 68.1 cm³/mol. The third kappa shape index (κ3) is 3.49.